The molecule has 17 heavy (non-hydrogen) atoms. The highest BCUT2D eigenvalue weighted by atomic mass is 35.5. The number of hydrogen-bond acceptors (Lipinski definition) is 5. The Labute approximate surface area is 106 Å². The zero-order valence-electron chi connectivity index (χ0n) is 9.73. The van der Waals surface area contributed by atoms with Crippen LogP contribution in [0.2, 0.25) is 5.28 Å². The van der Waals surface area contributed by atoms with Crippen LogP contribution >= 0.6 is 11.6 Å². The highest BCUT2D eigenvalue weighted by Gasteiger charge is 2.10. The van der Waals surface area contributed by atoms with Gasteiger partial charge >= 0.3 is 0 Å². The smallest absolute Gasteiger partial charge is 0.241 e. The number of nitrogen functional groups attached to an aromatic ring is 1. The quantitative estimate of drug-likeness (QED) is 0.829. The summed E-state index contributed by atoms with van der Waals surface area (Å²) in [5, 5.41) is 0.159. The lowest BCUT2D eigenvalue weighted by atomic mass is 10.1. The van der Waals surface area contributed by atoms with E-state index in [1.54, 1.807) is 0 Å². The molecule has 1 fully saturated rings. The first-order valence-corrected chi connectivity index (χ1v) is 6.26. The molecule has 0 unspecified atom stereocenters. The van der Waals surface area contributed by atoms with Gasteiger partial charge in [0, 0.05) is 6.54 Å². The van der Waals surface area contributed by atoms with Crippen molar-refractivity contribution in [1.82, 2.24) is 14.9 Å². The second-order valence-corrected chi connectivity index (χ2v) is 4.49. The number of nitrogens with zero attached hydrogens (tertiary/aromatic N) is 3. The van der Waals surface area contributed by atoms with Crippen LogP contribution in [0.3, 0.4) is 0 Å². The van der Waals surface area contributed by atoms with Crippen LogP contribution < -0.4 is 10.5 Å². The molecule has 0 amide bonds. The normalized spacial score (nSPS) is 17.0. The van der Waals surface area contributed by atoms with E-state index in [4.69, 9.17) is 22.1 Å². The predicted molar refractivity (Wildman–Crippen MR) is 67.2 cm³/mol. The van der Waals surface area contributed by atoms with Crippen LogP contribution in [0.5, 0.6) is 5.88 Å². The Morgan fingerprint density at radius 2 is 2.12 bits per heavy atom. The van der Waals surface area contributed by atoms with Crippen LogP contribution in [-0.4, -0.2) is 41.1 Å². The summed E-state index contributed by atoms with van der Waals surface area (Å²) in [4.78, 5) is 10.1. The number of nitrogens with two attached hydrogens (primary N) is 1. The van der Waals surface area contributed by atoms with Crippen LogP contribution in [0.1, 0.15) is 19.3 Å². The summed E-state index contributed by atoms with van der Waals surface area (Å²) in [5.41, 5.74) is 6.11. The van der Waals surface area contributed by atoms with Gasteiger partial charge in [0.25, 0.3) is 0 Å². The molecule has 1 saturated heterocycles. The second-order valence-electron chi connectivity index (χ2n) is 4.15. The van der Waals surface area contributed by atoms with Crippen molar-refractivity contribution >= 4 is 17.3 Å². The van der Waals surface area contributed by atoms with E-state index < -0.39 is 0 Å². The molecule has 1 aliphatic rings. The van der Waals surface area contributed by atoms with Gasteiger partial charge in [-0.3, -0.25) is 4.90 Å². The van der Waals surface area contributed by atoms with Gasteiger partial charge < -0.3 is 10.5 Å². The van der Waals surface area contributed by atoms with Crippen molar-refractivity contribution in [3.63, 3.8) is 0 Å². The van der Waals surface area contributed by atoms with Crippen molar-refractivity contribution < 1.29 is 4.74 Å². The molecule has 5 nitrogen and oxygen atoms in total. The number of ether oxygens (including phenoxy) is 1. The Hall–Kier alpha value is -1.07. The van der Waals surface area contributed by atoms with Gasteiger partial charge in [0.1, 0.15) is 12.3 Å². The molecule has 1 aliphatic heterocycles. The zero-order chi connectivity index (χ0) is 12.1. The minimum Gasteiger partial charge on any atom is -0.475 e. The first kappa shape index (κ1) is 12.4. The number of hydrogen-bond donors (Lipinski definition) is 1. The average molecular weight is 257 g/mol. The third kappa shape index (κ3) is 3.71. The lowest BCUT2D eigenvalue weighted by Gasteiger charge is -2.26. The van der Waals surface area contributed by atoms with E-state index in [9.17, 15) is 0 Å². The number of rotatable bonds is 4. The van der Waals surface area contributed by atoms with Crippen molar-refractivity contribution in [2.45, 2.75) is 19.3 Å². The topological polar surface area (TPSA) is 64.3 Å². The number of piperidine rings is 1. The Balaban J connectivity index is 1.79. The monoisotopic (exact) mass is 256 g/mol. The Morgan fingerprint density at radius 3 is 2.88 bits per heavy atom. The molecule has 0 aromatic carbocycles. The van der Waals surface area contributed by atoms with E-state index in [0.29, 0.717) is 18.2 Å². The van der Waals surface area contributed by atoms with E-state index in [1.165, 1.54) is 25.5 Å². The van der Waals surface area contributed by atoms with E-state index in [2.05, 4.69) is 14.9 Å². The molecule has 1 aromatic heterocycles. The Bertz CT molecular complexity index is 368. The molecule has 0 radical (unpaired) electrons. The zero-order valence-corrected chi connectivity index (χ0v) is 10.5. The summed E-state index contributed by atoms with van der Waals surface area (Å²) in [7, 11) is 0. The van der Waals surface area contributed by atoms with Crippen LogP contribution in [0, 0.1) is 0 Å². The molecular weight excluding hydrogens is 240 g/mol. The lowest BCUT2D eigenvalue weighted by Crippen LogP contribution is -2.33. The molecule has 0 spiro atoms. The first-order valence-electron chi connectivity index (χ1n) is 5.89. The first-order chi connectivity index (χ1) is 8.25. The number of anilines is 1. The van der Waals surface area contributed by atoms with E-state index in [0.717, 1.165) is 19.6 Å². The van der Waals surface area contributed by atoms with Crippen LogP contribution in [0.4, 0.5) is 5.69 Å². The van der Waals surface area contributed by atoms with Gasteiger partial charge in [-0.1, -0.05) is 6.42 Å². The summed E-state index contributed by atoms with van der Waals surface area (Å²) in [6.07, 6.45) is 5.36. The van der Waals surface area contributed by atoms with Crippen LogP contribution in [0.15, 0.2) is 6.20 Å². The van der Waals surface area contributed by atoms with Gasteiger partial charge in [-0.2, -0.15) is 4.98 Å². The van der Waals surface area contributed by atoms with Crippen molar-refractivity contribution in [2.24, 2.45) is 0 Å². The fourth-order valence-corrected chi connectivity index (χ4v) is 2.05. The van der Waals surface area contributed by atoms with Gasteiger partial charge in [-0.25, -0.2) is 4.98 Å². The van der Waals surface area contributed by atoms with E-state index in [1.807, 2.05) is 0 Å². The standard InChI is InChI=1S/C11H17ClN4O/c12-11-14-8-9(13)10(15-11)17-7-6-16-4-2-1-3-5-16/h8H,1-7,13H2. The molecular formula is C11H17ClN4O. The lowest BCUT2D eigenvalue weighted by molar-refractivity contribution is 0.181. The van der Waals surface area contributed by atoms with Gasteiger partial charge in [0.2, 0.25) is 11.2 Å². The summed E-state index contributed by atoms with van der Waals surface area (Å²) < 4.78 is 5.52. The van der Waals surface area contributed by atoms with E-state index >= 15 is 0 Å². The van der Waals surface area contributed by atoms with Crippen molar-refractivity contribution in [1.29, 1.82) is 0 Å². The summed E-state index contributed by atoms with van der Waals surface area (Å²) >= 11 is 5.68. The molecule has 0 saturated carbocycles. The maximum Gasteiger partial charge on any atom is 0.241 e. The maximum absolute atomic E-state index is 5.69. The van der Waals surface area contributed by atoms with Gasteiger partial charge in [0.15, 0.2) is 0 Å². The Morgan fingerprint density at radius 1 is 1.35 bits per heavy atom. The molecule has 1 aromatic rings. The summed E-state index contributed by atoms with van der Waals surface area (Å²) in [6, 6.07) is 0. The molecule has 6 heteroatoms. The molecule has 2 rings (SSSR count). The van der Waals surface area contributed by atoms with Crippen molar-refractivity contribution in [2.75, 3.05) is 32.0 Å². The molecule has 94 valence electrons. The van der Waals surface area contributed by atoms with Gasteiger partial charge in [-0.05, 0) is 37.5 Å². The molecule has 0 bridgehead atoms. The van der Waals surface area contributed by atoms with Gasteiger partial charge in [-0.15, -0.1) is 0 Å². The third-order valence-corrected chi connectivity index (χ3v) is 3.03. The SMILES string of the molecule is Nc1cnc(Cl)nc1OCCN1CCCCC1. The van der Waals surface area contributed by atoms with Crippen molar-refractivity contribution in [3.8, 4) is 5.88 Å². The molecule has 0 aliphatic carbocycles. The third-order valence-electron chi connectivity index (χ3n) is 2.85. The maximum atomic E-state index is 5.69. The molecule has 0 atom stereocenters. The number of aromatic nitrogens is 2. The van der Waals surface area contributed by atoms with Crippen LogP contribution in [-0.2, 0) is 0 Å². The minimum absolute atomic E-state index is 0.159. The Kier molecular flexibility index (Phi) is 4.39. The fraction of sp³-hybridized carbons (Fsp3) is 0.636. The molecule has 2 heterocycles. The molecule has 2 N–H and O–H groups in total. The number of halogens is 1. The van der Waals surface area contributed by atoms with E-state index in [-0.39, 0.29) is 5.28 Å². The average Bonchev–Trinajstić information content (AvgIpc) is 2.35. The van der Waals surface area contributed by atoms with Crippen molar-refractivity contribution in [3.05, 3.63) is 11.5 Å². The minimum atomic E-state index is 0.159. The number of likely N-dealkylation sites (tertiary alicyclic amines) is 1. The highest BCUT2D eigenvalue weighted by molar-refractivity contribution is 6.28. The predicted octanol–water partition coefficient (Wildman–Crippen LogP) is 1.58. The fourth-order valence-electron chi connectivity index (χ4n) is 1.93. The largest absolute Gasteiger partial charge is 0.475 e. The summed E-state index contributed by atoms with van der Waals surface area (Å²) in [6.45, 7) is 3.80. The highest BCUT2D eigenvalue weighted by Crippen LogP contribution is 2.18. The van der Waals surface area contributed by atoms with Crippen LogP contribution in [0.25, 0.3) is 0 Å². The second kappa shape index (κ2) is 6.02. The summed E-state index contributed by atoms with van der Waals surface area (Å²) in [5.74, 6) is 0.377. The van der Waals surface area contributed by atoms with Gasteiger partial charge in [0.05, 0.1) is 6.20 Å².